The van der Waals surface area contributed by atoms with Gasteiger partial charge in [0.15, 0.2) is 5.78 Å². The minimum absolute atomic E-state index is 0.0135. The molecule has 1 unspecified atom stereocenters. The van der Waals surface area contributed by atoms with Crippen LogP contribution in [-0.2, 0) is 11.3 Å². The highest BCUT2D eigenvalue weighted by Crippen LogP contribution is 2.17. The summed E-state index contributed by atoms with van der Waals surface area (Å²) in [5.74, 6) is -0.624. The van der Waals surface area contributed by atoms with E-state index in [1.807, 2.05) is 30.4 Å². The largest absolute Gasteiger partial charge is 0.323 e. The normalized spacial score (nSPS) is 19.4. The predicted octanol–water partition coefficient (Wildman–Crippen LogP) is 4.10. The number of piperidine rings is 1. The molecule has 2 nitrogen and oxygen atoms in total. The minimum atomic E-state index is -0.305. The first-order valence-corrected chi connectivity index (χ1v) is 9.91. The highest BCUT2D eigenvalue weighted by Gasteiger charge is 2.29. The summed E-state index contributed by atoms with van der Waals surface area (Å²) in [5, 5.41) is 0. The summed E-state index contributed by atoms with van der Waals surface area (Å²) in [7, 11) is 0. The van der Waals surface area contributed by atoms with Gasteiger partial charge in [0.1, 0.15) is 31.3 Å². The SMILES string of the molecule is O=C1/C(=C\c2ccc(F)cc2)C[NH+](Cc2ccccc2)C/C1=C\c1ccc(F)cc1. The molecule has 4 heteroatoms. The molecule has 0 spiro atoms. The van der Waals surface area contributed by atoms with Gasteiger partial charge in [-0.15, -0.1) is 0 Å². The molecule has 1 aliphatic rings. The second kappa shape index (κ2) is 8.97. The van der Waals surface area contributed by atoms with E-state index in [1.165, 1.54) is 34.7 Å². The average molecular weight is 402 g/mol. The van der Waals surface area contributed by atoms with Gasteiger partial charge in [-0.2, -0.15) is 0 Å². The van der Waals surface area contributed by atoms with Crippen LogP contribution in [0.4, 0.5) is 8.78 Å². The standard InChI is InChI=1S/C26H21F2NO/c27-24-10-6-19(7-11-24)14-22-17-29(16-21-4-2-1-3-5-21)18-23(26(22)30)15-20-8-12-25(28)13-9-20/h1-15H,16-18H2/p+1/b22-14-,23-15+. The van der Waals surface area contributed by atoms with Crippen LogP contribution in [0, 0.1) is 11.6 Å². The Hall–Kier alpha value is -3.37. The van der Waals surface area contributed by atoms with Crippen molar-refractivity contribution in [2.75, 3.05) is 13.1 Å². The van der Waals surface area contributed by atoms with Gasteiger partial charge < -0.3 is 4.90 Å². The smallest absolute Gasteiger partial charge is 0.196 e. The second-order valence-electron chi connectivity index (χ2n) is 7.54. The van der Waals surface area contributed by atoms with Crippen LogP contribution in [0.5, 0.6) is 0 Å². The van der Waals surface area contributed by atoms with E-state index >= 15 is 0 Å². The van der Waals surface area contributed by atoms with Crippen LogP contribution in [0.1, 0.15) is 16.7 Å². The highest BCUT2D eigenvalue weighted by molar-refractivity contribution is 6.14. The first-order valence-electron chi connectivity index (χ1n) is 9.91. The van der Waals surface area contributed by atoms with E-state index < -0.39 is 0 Å². The van der Waals surface area contributed by atoms with E-state index in [9.17, 15) is 13.6 Å². The molecule has 1 saturated heterocycles. The van der Waals surface area contributed by atoms with E-state index in [0.717, 1.165) is 17.7 Å². The van der Waals surface area contributed by atoms with Crippen LogP contribution in [0.15, 0.2) is 90.0 Å². The first-order chi connectivity index (χ1) is 14.6. The van der Waals surface area contributed by atoms with Crippen molar-refractivity contribution in [3.63, 3.8) is 0 Å². The maximum absolute atomic E-state index is 13.3. The summed E-state index contributed by atoms with van der Waals surface area (Å²) < 4.78 is 26.5. The molecular weight excluding hydrogens is 380 g/mol. The quantitative estimate of drug-likeness (QED) is 0.652. The summed E-state index contributed by atoms with van der Waals surface area (Å²) in [5.41, 5.74) is 4.16. The van der Waals surface area contributed by atoms with Crippen molar-refractivity contribution in [3.05, 3.63) is 118 Å². The van der Waals surface area contributed by atoms with Gasteiger partial charge in [0.05, 0.1) is 11.1 Å². The van der Waals surface area contributed by atoms with Crippen molar-refractivity contribution >= 4 is 17.9 Å². The van der Waals surface area contributed by atoms with Gasteiger partial charge in [-0.25, -0.2) is 8.78 Å². The lowest BCUT2D eigenvalue weighted by atomic mass is 9.94. The molecule has 1 aliphatic heterocycles. The van der Waals surface area contributed by atoms with E-state index in [1.54, 1.807) is 24.3 Å². The van der Waals surface area contributed by atoms with Gasteiger partial charge in [0.2, 0.25) is 0 Å². The van der Waals surface area contributed by atoms with Crippen molar-refractivity contribution in [2.45, 2.75) is 6.54 Å². The van der Waals surface area contributed by atoms with Gasteiger partial charge >= 0.3 is 0 Å². The molecule has 3 aromatic rings. The molecular formula is C26H22F2NO+. The fourth-order valence-electron chi connectivity index (χ4n) is 3.73. The number of Topliss-reactive ketones (excluding diaryl/α,β-unsaturated/α-hetero) is 1. The first kappa shape index (κ1) is 19.9. The molecule has 0 aliphatic carbocycles. The Kier molecular flexibility index (Phi) is 5.96. The Labute approximate surface area is 174 Å². The predicted molar refractivity (Wildman–Crippen MR) is 115 cm³/mol. The zero-order valence-corrected chi connectivity index (χ0v) is 16.4. The molecule has 0 saturated carbocycles. The van der Waals surface area contributed by atoms with Crippen molar-refractivity contribution < 1.29 is 18.5 Å². The average Bonchev–Trinajstić information content (AvgIpc) is 2.75. The van der Waals surface area contributed by atoms with Crippen LogP contribution in [-0.4, -0.2) is 18.9 Å². The molecule has 1 N–H and O–H groups in total. The Morgan fingerprint density at radius 2 is 1.17 bits per heavy atom. The van der Waals surface area contributed by atoms with Gasteiger partial charge in [-0.05, 0) is 47.5 Å². The second-order valence-corrected chi connectivity index (χ2v) is 7.54. The zero-order valence-electron chi connectivity index (χ0n) is 16.4. The fraction of sp³-hybridized carbons (Fsp3) is 0.115. The van der Waals surface area contributed by atoms with Crippen LogP contribution in [0.3, 0.4) is 0 Å². The Morgan fingerprint density at radius 3 is 1.63 bits per heavy atom. The number of hydrogen-bond acceptors (Lipinski definition) is 1. The van der Waals surface area contributed by atoms with Gasteiger partial charge in [0, 0.05) is 5.56 Å². The number of benzene rings is 3. The third-order valence-electron chi connectivity index (χ3n) is 5.18. The summed E-state index contributed by atoms with van der Waals surface area (Å²) in [4.78, 5) is 14.4. The van der Waals surface area contributed by atoms with Gasteiger partial charge in [-0.3, -0.25) is 4.79 Å². The van der Waals surface area contributed by atoms with Crippen LogP contribution in [0.25, 0.3) is 12.2 Å². The maximum Gasteiger partial charge on any atom is 0.196 e. The topological polar surface area (TPSA) is 21.5 Å². The molecule has 1 fully saturated rings. The van der Waals surface area contributed by atoms with Crippen molar-refractivity contribution in [1.29, 1.82) is 0 Å². The van der Waals surface area contributed by atoms with E-state index in [-0.39, 0.29) is 17.4 Å². The van der Waals surface area contributed by atoms with E-state index in [0.29, 0.717) is 24.2 Å². The minimum Gasteiger partial charge on any atom is -0.323 e. The molecule has 30 heavy (non-hydrogen) atoms. The number of ketones is 1. The Bertz CT molecular complexity index is 1020. The third kappa shape index (κ3) is 4.97. The highest BCUT2D eigenvalue weighted by atomic mass is 19.1. The van der Waals surface area contributed by atoms with Crippen molar-refractivity contribution in [3.8, 4) is 0 Å². The molecule has 0 amide bonds. The van der Waals surface area contributed by atoms with Crippen molar-refractivity contribution in [2.24, 2.45) is 0 Å². The molecule has 0 aromatic heterocycles. The molecule has 0 bridgehead atoms. The summed E-state index contributed by atoms with van der Waals surface area (Å²) in [6, 6.07) is 22.4. The van der Waals surface area contributed by atoms with E-state index in [2.05, 4.69) is 12.1 Å². The summed E-state index contributed by atoms with van der Waals surface area (Å²) in [6.45, 7) is 1.97. The fourth-order valence-corrected chi connectivity index (χ4v) is 3.73. The summed E-state index contributed by atoms with van der Waals surface area (Å²) in [6.07, 6.45) is 3.68. The number of carbonyl (C=O) groups is 1. The van der Waals surface area contributed by atoms with Crippen LogP contribution >= 0.6 is 0 Å². The van der Waals surface area contributed by atoms with Crippen molar-refractivity contribution in [1.82, 2.24) is 0 Å². The number of likely N-dealkylation sites (tertiary alicyclic amines) is 1. The number of quaternary nitrogens is 1. The number of rotatable bonds is 4. The Balaban J connectivity index is 1.67. The molecule has 1 atom stereocenters. The number of halogens is 2. The number of nitrogens with one attached hydrogen (secondary N) is 1. The molecule has 1 heterocycles. The number of hydrogen-bond donors (Lipinski definition) is 1. The summed E-state index contributed by atoms with van der Waals surface area (Å²) >= 11 is 0. The number of carbonyl (C=O) groups excluding carboxylic acids is 1. The lowest BCUT2D eigenvalue weighted by molar-refractivity contribution is -0.904. The Morgan fingerprint density at radius 1 is 0.700 bits per heavy atom. The molecule has 3 aromatic carbocycles. The van der Waals surface area contributed by atoms with Gasteiger partial charge in [0.25, 0.3) is 0 Å². The maximum atomic E-state index is 13.3. The monoisotopic (exact) mass is 402 g/mol. The van der Waals surface area contributed by atoms with E-state index in [4.69, 9.17) is 0 Å². The lowest BCUT2D eigenvalue weighted by Gasteiger charge is -2.27. The lowest BCUT2D eigenvalue weighted by Crippen LogP contribution is -3.12. The molecule has 4 rings (SSSR count). The molecule has 0 radical (unpaired) electrons. The third-order valence-corrected chi connectivity index (χ3v) is 5.18. The van der Waals surface area contributed by atoms with Crippen LogP contribution in [0.2, 0.25) is 0 Å². The molecule has 150 valence electrons. The van der Waals surface area contributed by atoms with Gasteiger partial charge in [-0.1, -0.05) is 54.6 Å². The zero-order chi connectivity index (χ0) is 20.9. The van der Waals surface area contributed by atoms with Crippen LogP contribution < -0.4 is 4.90 Å².